The Hall–Kier alpha value is -3.40. The summed E-state index contributed by atoms with van der Waals surface area (Å²) < 4.78 is 10.2. The number of ether oxygens (including phenoxy) is 1. The minimum absolute atomic E-state index is 0.0121. The molecule has 1 saturated heterocycles. The van der Waals surface area contributed by atoms with Crippen LogP contribution in [0.2, 0.25) is 0 Å². The number of benzene rings is 1. The zero-order chi connectivity index (χ0) is 21.3. The molecule has 2 heterocycles. The van der Waals surface area contributed by atoms with E-state index in [1.54, 1.807) is 32.0 Å². The molecule has 0 atom stereocenters. The molecule has 0 saturated carbocycles. The molecule has 9 nitrogen and oxygen atoms in total. The van der Waals surface area contributed by atoms with E-state index in [-0.39, 0.29) is 10.6 Å². The average molecular weight is 416 g/mol. The highest BCUT2D eigenvalue weighted by Crippen LogP contribution is 2.34. The SMILES string of the molecule is COC(=O)CN1C(=O)S/C(=C\c2ccc(-c3cc(C)c(C)c([N+](=O)[O-])c3)o2)C1=O. The summed E-state index contributed by atoms with van der Waals surface area (Å²) in [4.78, 5) is 47.3. The smallest absolute Gasteiger partial charge is 0.325 e. The van der Waals surface area contributed by atoms with Crippen molar-refractivity contribution in [2.75, 3.05) is 13.7 Å². The van der Waals surface area contributed by atoms with Crippen LogP contribution in [0.5, 0.6) is 0 Å². The number of nitro benzene ring substituents is 1. The topological polar surface area (TPSA) is 120 Å². The molecule has 1 aromatic carbocycles. The summed E-state index contributed by atoms with van der Waals surface area (Å²) in [5.74, 6) is -0.643. The molecule has 0 bridgehead atoms. The molecule has 0 aliphatic carbocycles. The van der Waals surface area contributed by atoms with Crippen LogP contribution in [0, 0.1) is 24.0 Å². The molecule has 2 aromatic rings. The van der Waals surface area contributed by atoms with Crippen molar-refractivity contribution in [3.63, 3.8) is 0 Å². The zero-order valence-electron chi connectivity index (χ0n) is 15.8. The van der Waals surface area contributed by atoms with E-state index in [4.69, 9.17) is 4.42 Å². The Bertz CT molecular complexity index is 1070. The molecule has 150 valence electrons. The van der Waals surface area contributed by atoms with E-state index in [1.807, 2.05) is 0 Å². The standard InChI is InChI=1S/C19H16N2O7S/c1-10-6-12(7-14(11(10)2)21(25)26)15-5-4-13(28-15)8-16-18(23)20(19(24)29-16)9-17(22)27-3/h4-8H,9H2,1-3H3/b16-8-. The first-order valence-corrected chi connectivity index (χ1v) is 9.21. The third-order valence-electron chi connectivity index (χ3n) is 4.41. The van der Waals surface area contributed by atoms with Gasteiger partial charge < -0.3 is 9.15 Å². The van der Waals surface area contributed by atoms with Gasteiger partial charge in [-0.25, -0.2) is 0 Å². The van der Waals surface area contributed by atoms with Crippen LogP contribution < -0.4 is 0 Å². The van der Waals surface area contributed by atoms with Gasteiger partial charge in [0.1, 0.15) is 18.1 Å². The fourth-order valence-corrected chi connectivity index (χ4v) is 3.54. The van der Waals surface area contributed by atoms with Crippen LogP contribution in [0.15, 0.2) is 33.6 Å². The minimum Gasteiger partial charge on any atom is -0.468 e. The molecule has 1 aliphatic heterocycles. The van der Waals surface area contributed by atoms with Gasteiger partial charge >= 0.3 is 5.97 Å². The molecule has 1 aromatic heterocycles. The Balaban J connectivity index is 1.88. The Kier molecular flexibility index (Phi) is 5.55. The molecular formula is C19H16N2O7S. The van der Waals surface area contributed by atoms with Crippen molar-refractivity contribution in [1.82, 2.24) is 4.90 Å². The summed E-state index contributed by atoms with van der Waals surface area (Å²) >= 11 is 0.686. The van der Waals surface area contributed by atoms with E-state index in [1.165, 1.54) is 19.3 Å². The number of rotatable bonds is 5. The number of methoxy groups -OCH3 is 1. The normalized spacial score (nSPS) is 15.3. The van der Waals surface area contributed by atoms with Gasteiger partial charge in [0.25, 0.3) is 16.8 Å². The van der Waals surface area contributed by atoms with Gasteiger partial charge in [-0.1, -0.05) is 0 Å². The van der Waals surface area contributed by atoms with E-state index < -0.39 is 28.6 Å². The Morgan fingerprint density at radius 2 is 2.03 bits per heavy atom. The Morgan fingerprint density at radius 3 is 2.69 bits per heavy atom. The van der Waals surface area contributed by atoms with Crippen molar-refractivity contribution in [2.24, 2.45) is 0 Å². The fourth-order valence-electron chi connectivity index (χ4n) is 2.72. The van der Waals surface area contributed by atoms with Crippen LogP contribution in [0.25, 0.3) is 17.4 Å². The van der Waals surface area contributed by atoms with E-state index in [0.717, 1.165) is 10.5 Å². The number of esters is 1. The molecule has 2 amide bonds. The number of aryl methyl sites for hydroxylation is 1. The van der Waals surface area contributed by atoms with Crippen molar-refractivity contribution in [3.8, 4) is 11.3 Å². The Morgan fingerprint density at radius 1 is 1.31 bits per heavy atom. The molecule has 0 unspecified atom stereocenters. The largest absolute Gasteiger partial charge is 0.468 e. The quantitative estimate of drug-likeness (QED) is 0.313. The molecule has 0 radical (unpaired) electrons. The van der Waals surface area contributed by atoms with Crippen molar-refractivity contribution >= 4 is 40.6 Å². The highest BCUT2D eigenvalue weighted by molar-refractivity contribution is 8.18. The van der Waals surface area contributed by atoms with Gasteiger partial charge in [-0.05, 0) is 49.4 Å². The highest BCUT2D eigenvalue weighted by Gasteiger charge is 2.36. The number of hydrogen-bond donors (Lipinski definition) is 0. The lowest BCUT2D eigenvalue weighted by Crippen LogP contribution is -2.34. The van der Waals surface area contributed by atoms with Crippen molar-refractivity contribution in [3.05, 3.63) is 56.2 Å². The number of hydrogen-bond acceptors (Lipinski definition) is 8. The number of carbonyl (C=O) groups excluding carboxylic acids is 3. The van der Waals surface area contributed by atoms with E-state index in [0.29, 0.717) is 34.4 Å². The monoisotopic (exact) mass is 416 g/mol. The second-order valence-electron chi connectivity index (χ2n) is 6.24. The maximum Gasteiger partial charge on any atom is 0.325 e. The van der Waals surface area contributed by atoms with E-state index >= 15 is 0 Å². The first kappa shape index (κ1) is 20.3. The molecule has 3 rings (SSSR count). The number of amides is 2. The number of furan rings is 1. The predicted molar refractivity (Wildman–Crippen MR) is 105 cm³/mol. The number of nitrogens with zero attached hydrogens (tertiary/aromatic N) is 2. The van der Waals surface area contributed by atoms with Gasteiger partial charge in [-0.15, -0.1) is 0 Å². The lowest BCUT2D eigenvalue weighted by molar-refractivity contribution is -0.385. The molecule has 1 fully saturated rings. The molecule has 29 heavy (non-hydrogen) atoms. The van der Waals surface area contributed by atoms with Gasteiger partial charge in [0.2, 0.25) is 0 Å². The maximum atomic E-state index is 12.3. The van der Waals surface area contributed by atoms with Crippen molar-refractivity contribution < 1.29 is 28.5 Å². The van der Waals surface area contributed by atoms with Gasteiger partial charge in [-0.2, -0.15) is 0 Å². The lowest BCUT2D eigenvalue weighted by atomic mass is 10.0. The van der Waals surface area contributed by atoms with Crippen LogP contribution in [-0.4, -0.2) is 40.6 Å². The number of thioether (sulfide) groups is 1. The molecule has 0 N–H and O–H groups in total. The summed E-state index contributed by atoms with van der Waals surface area (Å²) in [5, 5.41) is 10.7. The van der Waals surface area contributed by atoms with Crippen LogP contribution in [0.4, 0.5) is 10.5 Å². The molecular weight excluding hydrogens is 400 g/mol. The third-order valence-corrected chi connectivity index (χ3v) is 5.32. The summed E-state index contributed by atoms with van der Waals surface area (Å²) in [5.41, 5.74) is 1.83. The minimum atomic E-state index is -0.704. The van der Waals surface area contributed by atoms with E-state index in [2.05, 4.69) is 4.74 Å². The second kappa shape index (κ2) is 7.92. The molecule has 1 aliphatic rings. The Labute approximate surface area is 169 Å². The molecule has 10 heteroatoms. The van der Waals surface area contributed by atoms with E-state index in [9.17, 15) is 24.5 Å². The highest BCUT2D eigenvalue weighted by atomic mass is 32.2. The van der Waals surface area contributed by atoms with Crippen LogP contribution >= 0.6 is 11.8 Å². The fraction of sp³-hybridized carbons (Fsp3) is 0.211. The third kappa shape index (κ3) is 4.06. The maximum absolute atomic E-state index is 12.3. The van der Waals surface area contributed by atoms with Crippen LogP contribution in [0.1, 0.15) is 16.9 Å². The average Bonchev–Trinajstić information content (AvgIpc) is 3.24. The summed E-state index contributed by atoms with van der Waals surface area (Å²) in [6, 6.07) is 6.41. The van der Waals surface area contributed by atoms with Gasteiger partial charge in [0.05, 0.1) is 16.9 Å². The van der Waals surface area contributed by atoms with Crippen LogP contribution in [-0.2, 0) is 14.3 Å². The first-order valence-electron chi connectivity index (χ1n) is 8.39. The number of carbonyl (C=O) groups is 3. The van der Waals surface area contributed by atoms with Crippen molar-refractivity contribution in [1.29, 1.82) is 0 Å². The summed E-state index contributed by atoms with van der Waals surface area (Å²) in [6.45, 7) is 2.98. The van der Waals surface area contributed by atoms with Crippen molar-refractivity contribution in [2.45, 2.75) is 13.8 Å². The van der Waals surface area contributed by atoms with Crippen LogP contribution in [0.3, 0.4) is 0 Å². The molecule has 0 spiro atoms. The van der Waals surface area contributed by atoms with Gasteiger partial charge in [0, 0.05) is 23.3 Å². The lowest BCUT2D eigenvalue weighted by Gasteiger charge is -2.09. The van der Waals surface area contributed by atoms with Gasteiger partial charge in [-0.3, -0.25) is 29.4 Å². The van der Waals surface area contributed by atoms with Gasteiger partial charge in [0.15, 0.2) is 0 Å². The zero-order valence-corrected chi connectivity index (χ0v) is 16.6. The second-order valence-corrected chi connectivity index (χ2v) is 7.23. The summed E-state index contributed by atoms with van der Waals surface area (Å²) in [7, 11) is 1.17. The number of nitro groups is 1. The summed E-state index contributed by atoms with van der Waals surface area (Å²) in [6.07, 6.45) is 1.39. The first-order chi connectivity index (χ1) is 13.7. The predicted octanol–water partition coefficient (Wildman–Crippen LogP) is 3.68. The number of imide groups is 1.